The lowest BCUT2D eigenvalue weighted by atomic mass is 9.94. The molecule has 0 amide bonds. The Morgan fingerprint density at radius 2 is 1.39 bits per heavy atom. The first-order valence-electron chi connectivity index (χ1n) is 9.86. The predicted octanol–water partition coefficient (Wildman–Crippen LogP) is 8.69. The van der Waals surface area contributed by atoms with Crippen LogP contribution < -0.4 is 0 Å². The summed E-state index contributed by atoms with van der Waals surface area (Å²) in [5.74, 6) is 0. The highest BCUT2D eigenvalue weighted by atomic mass is 14.1. The van der Waals surface area contributed by atoms with E-state index < -0.39 is 0 Å². The van der Waals surface area contributed by atoms with Gasteiger partial charge in [0, 0.05) is 0 Å². The van der Waals surface area contributed by atoms with Crippen molar-refractivity contribution in [2.45, 2.75) is 47.0 Å². The molecule has 0 saturated heterocycles. The monoisotopic (exact) mass is 374 g/mol. The molecule has 28 heavy (non-hydrogen) atoms. The maximum absolute atomic E-state index is 4.27. The second-order valence-corrected chi connectivity index (χ2v) is 7.76. The Hall–Kier alpha value is -2.60. The maximum atomic E-state index is 4.27. The Morgan fingerprint density at radius 1 is 0.857 bits per heavy atom. The molecule has 0 saturated carbocycles. The average Bonchev–Trinajstić information content (AvgIpc) is 2.71. The molecule has 0 aromatic heterocycles. The summed E-state index contributed by atoms with van der Waals surface area (Å²) in [7, 11) is 0. The van der Waals surface area contributed by atoms with Crippen molar-refractivity contribution in [2.24, 2.45) is 5.41 Å². The minimum atomic E-state index is 0.220. The maximum Gasteiger partial charge on any atom is -0.0200 e. The Kier molecular flexibility index (Phi) is 12.3. The molecule has 0 radical (unpaired) electrons. The van der Waals surface area contributed by atoms with E-state index in [0.717, 1.165) is 19.3 Å². The summed E-state index contributed by atoms with van der Waals surface area (Å²) < 4.78 is 0. The highest BCUT2D eigenvalue weighted by molar-refractivity contribution is 5.65. The summed E-state index contributed by atoms with van der Waals surface area (Å²) >= 11 is 0. The lowest BCUT2D eigenvalue weighted by Crippen LogP contribution is -1.97. The van der Waals surface area contributed by atoms with Gasteiger partial charge in [-0.25, -0.2) is 0 Å². The van der Waals surface area contributed by atoms with Crippen LogP contribution in [0.1, 0.15) is 55.9 Å². The Morgan fingerprint density at radius 3 is 1.89 bits per heavy atom. The molecule has 0 aliphatic rings. The molecule has 0 bridgehead atoms. The van der Waals surface area contributed by atoms with Crippen LogP contribution in [0.3, 0.4) is 0 Å². The molecule has 0 aliphatic heterocycles. The highest BCUT2D eigenvalue weighted by Crippen LogP contribution is 2.22. The van der Waals surface area contributed by atoms with Gasteiger partial charge in [-0.1, -0.05) is 93.6 Å². The smallest absolute Gasteiger partial charge is 0.0200 e. The third-order valence-corrected chi connectivity index (χ3v) is 4.16. The quantitative estimate of drug-likeness (QED) is 0.443. The third-order valence-electron chi connectivity index (χ3n) is 4.16. The molecule has 0 heteroatoms. The number of hydrogen-bond acceptors (Lipinski definition) is 0. The lowest BCUT2D eigenvalue weighted by Gasteiger charge is -2.11. The molecule has 2 rings (SSSR count). The first kappa shape index (κ1) is 25.4. The van der Waals surface area contributed by atoms with Gasteiger partial charge >= 0.3 is 0 Å². The van der Waals surface area contributed by atoms with E-state index in [2.05, 4.69) is 121 Å². The number of benzene rings is 2. The highest BCUT2D eigenvalue weighted by Gasteiger charge is 2.04. The molecule has 0 heterocycles. The van der Waals surface area contributed by atoms with Gasteiger partial charge in [-0.3, -0.25) is 0 Å². The van der Waals surface area contributed by atoms with Crippen LogP contribution in [0.4, 0.5) is 0 Å². The Bertz CT molecular complexity index is 704. The summed E-state index contributed by atoms with van der Waals surface area (Å²) in [5, 5.41) is 0. The Labute approximate surface area is 174 Å². The molecule has 150 valence electrons. The second kappa shape index (κ2) is 13.6. The van der Waals surface area contributed by atoms with E-state index in [9.17, 15) is 0 Å². The van der Waals surface area contributed by atoms with Crippen LogP contribution in [-0.2, 0) is 6.42 Å². The summed E-state index contributed by atoms with van der Waals surface area (Å²) in [4.78, 5) is 0. The first-order valence-corrected chi connectivity index (χ1v) is 9.86. The molecular weight excluding hydrogens is 336 g/mol. The van der Waals surface area contributed by atoms with Crippen LogP contribution in [0, 0.1) is 12.3 Å². The molecule has 0 nitrogen and oxygen atoms in total. The van der Waals surface area contributed by atoms with Crippen molar-refractivity contribution < 1.29 is 0 Å². The van der Waals surface area contributed by atoms with E-state index in [-0.39, 0.29) is 5.41 Å². The molecule has 0 unspecified atom stereocenters. The van der Waals surface area contributed by atoms with Crippen LogP contribution in [0.15, 0.2) is 87.5 Å². The van der Waals surface area contributed by atoms with Crippen molar-refractivity contribution in [3.8, 4) is 0 Å². The first-order chi connectivity index (χ1) is 13.3. The lowest BCUT2D eigenvalue weighted by molar-refractivity contribution is 0.547. The van der Waals surface area contributed by atoms with Gasteiger partial charge in [-0.05, 0) is 53.9 Å². The zero-order chi connectivity index (χ0) is 21.6. The van der Waals surface area contributed by atoms with Crippen LogP contribution in [0.2, 0.25) is 0 Å². The minimum absolute atomic E-state index is 0.220. The van der Waals surface area contributed by atoms with Gasteiger partial charge in [0.05, 0.1) is 0 Å². The van der Waals surface area contributed by atoms with Crippen LogP contribution in [-0.4, -0.2) is 0 Å². The van der Waals surface area contributed by atoms with Crippen molar-refractivity contribution in [3.05, 3.63) is 110 Å². The molecule has 0 N–H and O–H groups in total. The van der Waals surface area contributed by atoms with E-state index >= 15 is 0 Å². The molecule has 0 atom stereocenters. The zero-order valence-electron chi connectivity index (χ0n) is 18.4. The number of aryl methyl sites for hydroxylation is 2. The van der Waals surface area contributed by atoms with Crippen molar-refractivity contribution >= 4 is 11.6 Å². The van der Waals surface area contributed by atoms with Crippen LogP contribution in [0.25, 0.3) is 11.6 Å². The van der Waals surface area contributed by atoms with Gasteiger partial charge in [0.2, 0.25) is 0 Å². The van der Waals surface area contributed by atoms with E-state index in [4.69, 9.17) is 0 Å². The predicted molar refractivity (Wildman–Crippen MR) is 131 cm³/mol. The molecule has 0 aliphatic carbocycles. The van der Waals surface area contributed by atoms with Gasteiger partial charge in [0.25, 0.3) is 0 Å². The molecule has 0 spiro atoms. The van der Waals surface area contributed by atoms with E-state index in [1.165, 1.54) is 27.8 Å². The van der Waals surface area contributed by atoms with Crippen molar-refractivity contribution in [2.75, 3.05) is 0 Å². The molecule has 2 aromatic carbocycles. The third kappa shape index (κ3) is 10.5. The zero-order valence-corrected chi connectivity index (χ0v) is 18.4. The number of rotatable bonds is 6. The van der Waals surface area contributed by atoms with E-state index in [1.807, 2.05) is 0 Å². The van der Waals surface area contributed by atoms with Crippen molar-refractivity contribution in [3.63, 3.8) is 0 Å². The van der Waals surface area contributed by atoms with E-state index in [0.29, 0.717) is 0 Å². The van der Waals surface area contributed by atoms with Crippen molar-refractivity contribution in [1.82, 2.24) is 0 Å². The number of allylic oxidation sites excluding steroid dienone is 2. The fourth-order valence-corrected chi connectivity index (χ4v) is 2.58. The Balaban J connectivity index is 0.00000171. The van der Waals surface area contributed by atoms with Gasteiger partial charge in [-0.2, -0.15) is 0 Å². The van der Waals surface area contributed by atoms with Gasteiger partial charge in [-0.15, -0.1) is 26.3 Å². The van der Waals surface area contributed by atoms with Crippen molar-refractivity contribution in [1.29, 1.82) is 0 Å². The summed E-state index contributed by atoms with van der Waals surface area (Å²) in [5.41, 5.74) is 6.69. The van der Waals surface area contributed by atoms with Gasteiger partial charge in [0.1, 0.15) is 0 Å². The fourth-order valence-electron chi connectivity index (χ4n) is 2.58. The average molecular weight is 375 g/mol. The minimum Gasteiger partial charge on any atom is -0.106 e. The topological polar surface area (TPSA) is 0 Å². The standard InChI is InChI=1S/C24H30.2C2H4/c1-19-9-11-21(12-10-19)8-6-7-20(2)23-15-13-22(14-16-23)17-18-24(3,4)5;2*1-2/h9-18H,2,6-8H2,1,3-5H3;2*1-2H2/b18-17+;;. The van der Waals surface area contributed by atoms with Gasteiger partial charge < -0.3 is 0 Å². The molecule has 2 aromatic rings. The molecular formula is C28H38. The SMILES string of the molecule is C=C.C=C.C=C(CCCc1ccc(C)cc1)c1ccc(/C=C/C(C)(C)C)cc1. The second-order valence-electron chi connectivity index (χ2n) is 7.76. The summed E-state index contributed by atoms with van der Waals surface area (Å²) in [6.45, 7) is 25.0. The summed E-state index contributed by atoms with van der Waals surface area (Å²) in [6, 6.07) is 17.6. The van der Waals surface area contributed by atoms with Crippen LogP contribution in [0.5, 0.6) is 0 Å². The van der Waals surface area contributed by atoms with Gasteiger partial charge in [0.15, 0.2) is 0 Å². The molecule has 0 fully saturated rings. The fraction of sp³-hybridized carbons (Fsp3) is 0.286. The van der Waals surface area contributed by atoms with E-state index in [1.54, 1.807) is 0 Å². The largest absolute Gasteiger partial charge is 0.106 e. The van der Waals surface area contributed by atoms with Crippen LogP contribution >= 0.6 is 0 Å². The summed E-state index contributed by atoms with van der Waals surface area (Å²) in [6.07, 6.45) is 7.76. The normalized spacial score (nSPS) is 10.4. The number of hydrogen-bond donors (Lipinski definition) is 0.